The van der Waals surface area contributed by atoms with Crippen LogP contribution < -0.4 is 0 Å². The van der Waals surface area contributed by atoms with E-state index in [0.717, 1.165) is 96.3 Å². The molecule has 0 amide bonds. The van der Waals surface area contributed by atoms with Gasteiger partial charge in [0, 0.05) is 19.3 Å². The summed E-state index contributed by atoms with van der Waals surface area (Å²) in [6.45, 7) is 6.37. The Labute approximate surface area is 388 Å². The molecule has 0 fully saturated rings. The summed E-state index contributed by atoms with van der Waals surface area (Å²) in [5, 5.41) is 0. The molecular formula is C57H96O6. The van der Waals surface area contributed by atoms with Crippen LogP contribution in [-0.2, 0) is 28.6 Å². The van der Waals surface area contributed by atoms with Crippen LogP contribution in [0.3, 0.4) is 0 Å². The number of unbranched alkanes of at least 4 members (excludes halogenated alkanes) is 21. The topological polar surface area (TPSA) is 78.9 Å². The van der Waals surface area contributed by atoms with Crippen molar-refractivity contribution in [3.05, 3.63) is 85.1 Å². The highest BCUT2D eigenvalue weighted by Gasteiger charge is 2.19. The Bertz CT molecular complexity index is 1240. The lowest BCUT2D eigenvalue weighted by molar-refractivity contribution is -0.167. The second-order valence-corrected chi connectivity index (χ2v) is 17.0. The SMILES string of the molecule is CC/C=C\C/C=C\C/C=C\C/C=C\C/C=C\CCCC(=O)OCC(COC(=O)CCCCCCCCCCCCCCCC)OC(=O)CCCCCCCCC/C=C\C/C=C\CC. The van der Waals surface area contributed by atoms with E-state index in [4.69, 9.17) is 14.2 Å². The van der Waals surface area contributed by atoms with E-state index in [-0.39, 0.29) is 37.5 Å². The second-order valence-electron chi connectivity index (χ2n) is 17.0. The molecule has 0 saturated heterocycles. The first-order valence-electron chi connectivity index (χ1n) is 26.1. The van der Waals surface area contributed by atoms with E-state index < -0.39 is 6.10 Å². The normalized spacial score (nSPS) is 12.7. The molecule has 0 aliphatic carbocycles. The van der Waals surface area contributed by atoms with E-state index in [0.29, 0.717) is 19.3 Å². The zero-order valence-electron chi connectivity index (χ0n) is 41.1. The summed E-state index contributed by atoms with van der Waals surface area (Å²) in [5.74, 6) is -0.964. The fraction of sp³-hybridized carbons (Fsp3) is 0.702. The first-order chi connectivity index (χ1) is 31.0. The maximum absolute atomic E-state index is 12.8. The van der Waals surface area contributed by atoms with Gasteiger partial charge in [-0.25, -0.2) is 0 Å². The van der Waals surface area contributed by atoms with Gasteiger partial charge in [0.05, 0.1) is 0 Å². The molecule has 1 unspecified atom stereocenters. The summed E-state index contributed by atoms with van der Waals surface area (Å²) in [5.41, 5.74) is 0. The number of rotatable bonds is 46. The predicted octanol–water partition coefficient (Wildman–Crippen LogP) is 17.2. The van der Waals surface area contributed by atoms with Gasteiger partial charge in [0.25, 0.3) is 0 Å². The van der Waals surface area contributed by atoms with Crippen LogP contribution in [0.1, 0.15) is 239 Å². The third kappa shape index (κ3) is 49.5. The molecule has 0 spiro atoms. The van der Waals surface area contributed by atoms with Crippen LogP contribution >= 0.6 is 0 Å². The van der Waals surface area contributed by atoms with Crippen molar-refractivity contribution in [2.24, 2.45) is 0 Å². The van der Waals surface area contributed by atoms with Crippen LogP contribution in [0.4, 0.5) is 0 Å². The first kappa shape index (κ1) is 59.6. The molecule has 360 valence electrons. The van der Waals surface area contributed by atoms with E-state index in [2.05, 4.69) is 106 Å². The Balaban J connectivity index is 4.48. The van der Waals surface area contributed by atoms with Gasteiger partial charge in [0.2, 0.25) is 0 Å². The van der Waals surface area contributed by atoms with Crippen molar-refractivity contribution in [2.75, 3.05) is 13.2 Å². The molecule has 6 heteroatoms. The summed E-state index contributed by atoms with van der Waals surface area (Å²) >= 11 is 0. The van der Waals surface area contributed by atoms with Gasteiger partial charge < -0.3 is 14.2 Å². The number of carbonyl (C=O) groups is 3. The first-order valence-corrected chi connectivity index (χ1v) is 26.1. The van der Waals surface area contributed by atoms with Gasteiger partial charge in [0.1, 0.15) is 13.2 Å². The maximum Gasteiger partial charge on any atom is 0.306 e. The lowest BCUT2D eigenvalue weighted by Crippen LogP contribution is -2.30. The van der Waals surface area contributed by atoms with E-state index in [1.165, 1.54) is 96.3 Å². The van der Waals surface area contributed by atoms with Crippen LogP contribution in [0, 0.1) is 0 Å². The zero-order chi connectivity index (χ0) is 45.8. The highest BCUT2D eigenvalue weighted by molar-refractivity contribution is 5.71. The summed E-state index contributed by atoms with van der Waals surface area (Å²) in [6.07, 6.45) is 65.7. The molecule has 0 saturated carbocycles. The van der Waals surface area contributed by atoms with Crippen molar-refractivity contribution in [3.63, 3.8) is 0 Å². The van der Waals surface area contributed by atoms with Gasteiger partial charge >= 0.3 is 17.9 Å². The Morgan fingerprint density at radius 3 is 1.03 bits per heavy atom. The fourth-order valence-corrected chi connectivity index (χ4v) is 7.04. The summed E-state index contributed by atoms with van der Waals surface area (Å²) in [6, 6.07) is 0. The second kappa shape index (κ2) is 51.2. The molecule has 0 aromatic carbocycles. The minimum atomic E-state index is -0.801. The van der Waals surface area contributed by atoms with Crippen molar-refractivity contribution in [1.29, 1.82) is 0 Å². The lowest BCUT2D eigenvalue weighted by Gasteiger charge is -2.18. The van der Waals surface area contributed by atoms with Crippen LogP contribution in [0.5, 0.6) is 0 Å². The Morgan fingerprint density at radius 2 is 0.635 bits per heavy atom. The average Bonchev–Trinajstić information content (AvgIpc) is 3.28. The molecular weight excluding hydrogens is 781 g/mol. The Morgan fingerprint density at radius 1 is 0.333 bits per heavy atom. The van der Waals surface area contributed by atoms with Gasteiger partial charge in [0.15, 0.2) is 6.10 Å². The van der Waals surface area contributed by atoms with Gasteiger partial charge in [-0.15, -0.1) is 0 Å². The molecule has 63 heavy (non-hydrogen) atoms. The molecule has 0 rings (SSSR count). The minimum Gasteiger partial charge on any atom is -0.462 e. The smallest absolute Gasteiger partial charge is 0.306 e. The van der Waals surface area contributed by atoms with Gasteiger partial charge in [-0.05, 0) is 83.5 Å². The van der Waals surface area contributed by atoms with E-state index in [1.54, 1.807) is 0 Å². The number of allylic oxidation sites excluding steroid dienone is 14. The highest BCUT2D eigenvalue weighted by atomic mass is 16.6. The molecule has 0 aromatic heterocycles. The number of ether oxygens (including phenoxy) is 3. The molecule has 1 atom stereocenters. The summed E-state index contributed by atoms with van der Waals surface area (Å²) in [4.78, 5) is 38.0. The molecule has 0 radical (unpaired) electrons. The molecule has 0 heterocycles. The molecule has 0 aliphatic rings. The standard InChI is InChI=1S/C57H96O6/c1-4-7-10-13-16-19-22-25-28-29-30-33-35-38-41-44-47-50-56(59)62-53-54(63-57(60)51-48-45-42-39-36-32-27-24-21-18-15-12-9-6-3)52-61-55(58)49-46-43-40-37-34-31-26-23-20-17-14-11-8-5-2/h7,9-10,12,16,18-19,21,25,28,30,33,38,41,54H,4-6,8,11,13-15,17,20,22-24,26-27,29,31-32,34-37,39-40,42-53H2,1-3H3/b10-7-,12-9-,19-16-,21-18-,28-25-,33-30-,41-38-. The third-order valence-corrected chi connectivity index (χ3v) is 10.9. The molecule has 0 bridgehead atoms. The number of carbonyl (C=O) groups excluding carboxylic acids is 3. The van der Waals surface area contributed by atoms with Gasteiger partial charge in [-0.2, -0.15) is 0 Å². The number of esters is 3. The Kier molecular flexibility index (Phi) is 48.5. The zero-order valence-corrected chi connectivity index (χ0v) is 41.1. The van der Waals surface area contributed by atoms with E-state index >= 15 is 0 Å². The summed E-state index contributed by atoms with van der Waals surface area (Å²) in [7, 11) is 0. The van der Waals surface area contributed by atoms with Crippen molar-refractivity contribution in [3.8, 4) is 0 Å². The van der Waals surface area contributed by atoms with Crippen molar-refractivity contribution in [1.82, 2.24) is 0 Å². The number of hydrogen-bond acceptors (Lipinski definition) is 6. The van der Waals surface area contributed by atoms with Crippen molar-refractivity contribution in [2.45, 2.75) is 245 Å². The van der Waals surface area contributed by atoms with E-state index in [1.807, 2.05) is 0 Å². The summed E-state index contributed by atoms with van der Waals surface area (Å²) < 4.78 is 16.8. The molecule has 0 N–H and O–H groups in total. The van der Waals surface area contributed by atoms with E-state index in [9.17, 15) is 14.4 Å². The monoisotopic (exact) mass is 877 g/mol. The Hall–Kier alpha value is -3.41. The molecule has 6 nitrogen and oxygen atoms in total. The molecule has 0 aromatic rings. The predicted molar refractivity (Wildman–Crippen MR) is 270 cm³/mol. The average molecular weight is 877 g/mol. The lowest BCUT2D eigenvalue weighted by atomic mass is 10.0. The van der Waals surface area contributed by atoms with Gasteiger partial charge in [-0.3, -0.25) is 14.4 Å². The minimum absolute atomic E-state index is 0.0961. The van der Waals surface area contributed by atoms with Crippen molar-refractivity contribution >= 4 is 17.9 Å². The molecule has 0 aliphatic heterocycles. The maximum atomic E-state index is 12.8. The van der Waals surface area contributed by atoms with Crippen molar-refractivity contribution < 1.29 is 28.6 Å². The van der Waals surface area contributed by atoms with Crippen LogP contribution in [0.15, 0.2) is 85.1 Å². The fourth-order valence-electron chi connectivity index (χ4n) is 7.04. The van der Waals surface area contributed by atoms with Crippen LogP contribution in [0.25, 0.3) is 0 Å². The third-order valence-electron chi connectivity index (χ3n) is 10.9. The number of hydrogen-bond donors (Lipinski definition) is 0. The highest BCUT2D eigenvalue weighted by Crippen LogP contribution is 2.15. The largest absolute Gasteiger partial charge is 0.462 e. The van der Waals surface area contributed by atoms with Gasteiger partial charge in [-0.1, -0.05) is 221 Å². The van der Waals surface area contributed by atoms with Crippen LogP contribution in [-0.4, -0.2) is 37.2 Å². The quantitative estimate of drug-likeness (QED) is 0.0262. The van der Waals surface area contributed by atoms with Crippen LogP contribution in [0.2, 0.25) is 0 Å².